The molecule has 0 aliphatic heterocycles. The number of fused-ring (bicyclic) bond motifs is 3. The van der Waals surface area contributed by atoms with Crippen LogP contribution in [0.2, 0.25) is 0 Å². The molecule has 104 valence electrons. The highest BCUT2D eigenvalue weighted by Crippen LogP contribution is 2.41. The minimum Gasteiger partial charge on any atom is -0.375 e. The quantitative estimate of drug-likeness (QED) is 0.557. The summed E-state index contributed by atoms with van der Waals surface area (Å²) < 4.78 is 0. The lowest BCUT2D eigenvalue weighted by molar-refractivity contribution is 1.30. The van der Waals surface area contributed by atoms with Crippen LogP contribution >= 0.6 is 11.3 Å². The van der Waals surface area contributed by atoms with Gasteiger partial charge in [-0.1, -0.05) is 42.0 Å². The maximum absolute atomic E-state index is 5.81. The zero-order valence-corrected chi connectivity index (χ0v) is 12.9. The topological polar surface area (TPSA) is 38.9 Å². The fraction of sp³-hybridized carbons (Fsp3) is 0.167. The standard InChI is InChI=1S/C18H16N2S/c1-10-3-4-11(2)15(7-10)12-5-6-14-13(8-12)9-16-17(14)20-18(19)21-16/h3-8H,9H2,1-2H3,(H2,19,20). The third-order valence-corrected chi connectivity index (χ3v) is 5.01. The molecule has 21 heavy (non-hydrogen) atoms. The van der Waals surface area contributed by atoms with E-state index in [0.717, 1.165) is 12.1 Å². The molecule has 2 nitrogen and oxygen atoms in total. The smallest absolute Gasteiger partial charge is 0.180 e. The van der Waals surface area contributed by atoms with Crippen LogP contribution in [0, 0.1) is 13.8 Å². The maximum atomic E-state index is 5.81. The van der Waals surface area contributed by atoms with Crippen LogP contribution in [0.25, 0.3) is 22.4 Å². The van der Waals surface area contributed by atoms with Crippen molar-refractivity contribution in [2.75, 3.05) is 5.73 Å². The molecule has 0 bridgehead atoms. The molecule has 0 amide bonds. The number of aryl methyl sites for hydroxylation is 2. The van der Waals surface area contributed by atoms with Crippen molar-refractivity contribution in [2.24, 2.45) is 0 Å². The Labute approximate surface area is 128 Å². The largest absolute Gasteiger partial charge is 0.375 e. The van der Waals surface area contributed by atoms with Crippen LogP contribution in [-0.2, 0) is 6.42 Å². The van der Waals surface area contributed by atoms with Gasteiger partial charge in [0.15, 0.2) is 5.13 Å². The Balaban J connectivity index is 1.84. The Morgan fingerprint density at radius 1 is 1.05 bits per heavy atom. The number of nitrogen functional groups attached to an aromatic ring is 1. The summed E-state index contributed by atoms with van der Waals surface area (Å²) in [4.78, 5) is 5.76. The van der Waals surface area contributed by atoms with Crippen LogP contribution in [0.4, 0.5) is 5.13 Å². The Kier molecular flexibility index (Phi) is 2.66. The van der Waals surface area contributed by atoms with Gasteiger partial charge in [0.1, 0.15) is 0 Å². The number of anilines is 1. The first-order chi connectivity index (χ1) is 10.1. The van der Waals surface area contributed by atoms with E-state index in [4.69, 9.17) is 5.73 Å². The zero-order valence-electron chi connectivity index (χ0n) is 12.1. The summed E-state index contributed by atoms with van der Waals surface area (Å²) in [6, 6.07) is 13.3. The van der Waals surface area contributed by atoms with Gasteiger partial charge < -0.3 is 5.73 Å². The highest BCUT2D eigenvalue weighted by molar-refractivity contribution is 7.15. The number of thiazole rings is 1. The number of rotatable bonds is 1. The normalized spacial score (nSPS) is 12.3. The number of benzene rings is 2. The molecule has 3 heteroatoms. The lowest BCUT2D eigenvalue weighted by Gasteiger charge is -2.09. The van der Waals surface area contributed by atoms with Gasteiger partial charge in [-0.15, -0.1) is 11.3 Å². The van der Waals surface area contributed by atoms with E-state index in [1.165, 1.54) is 38.3 Å². The van der Waals surface area contributed by atoms with Crippen molar-refractivity contribution in [1.29, 1.82) is 0 Å². The van der Waals surface area contributed by atoms with Gasteiger partial charge >= 0.3 is 0 Å². The highest BCUT2D eigenvalue weighted by Gasteiger charge is 2.23. The molecule has 3 aromatic rings. The third kappa shape index (κ3) is 1.96. The lowest BCUT2D eigenvalue weighted by atomic mass is 9.95. The number of nitrogens with zero attached hydrogens (tertiary/aromatic N) is 1. The average Bonchev–Trinajstić information content (AvgIpc) is 2.96. The summed E-state index contributed by atoms with van der Waals surface area (Å²) in [5.74, 6) is 0. The van der Waals surface area contributed by atoms with Crippen LogP contribution in [0.1, 0.15) is 21.6 Å². The molecule has 2 aromatic carbocycles. The first-order valence-corrected chi connectivity index (χ1v) is 7.89. The monoisotopic (exact) mass is 292 g/mol. The van der Waals surface area contributed by atoms with Crippen LogP contribution in [0.15, 0.2) is 36.4 Å². The number of hydrogen-bond acceptors (Lipinski definition) is 3. The summed E-state index contributed by atoms with van der Waals surface area (Å²) in [6.45, 7) is 4.31. The molecule has 0 saturated carbocycles. The van der Waals surface area contributed by atoms with Crippen molar-refractivity contribution in [3.63, 3.8) is 0 Å². The van der Waals surface area contributed by atoms with Crippen molar-refractivity contribution in [3.05, 3.63) is 58.0 Å². The molecular formula is C18H16N2S. The van der Waals surface area contributed by atoms with Gasteiger partial charge in [0.05, 0.1) is 5.69 Å². The average molecular weight is 292 g/mol. The fourth-order valence-corrected chi connectivity index (χ4v) is 3.93. The molecule has 0 spiro atoms. The van der Waals surface area contributed by atoms with Crippen LogP contribution in [0.5, 0.6) is 0 Å². The highest BCUT2D eigenvalue weighted by atomic mass is 32.1. The van der Waals surface area contributed by atoms with Gasteiger partial charge in [0.2, 0.25) is 0 Å². The van der Waals surface area contributed by atoms with Gasteiger partial charge in [0.25, 0.3) is 0 Å². The second-order valence-corrected chi connectivity index (χ2v) is 6.81. The van der Waals surface area contributed by atoms with E-state index in [1.807, 2.05) is 0 Å². The van der Waals surface area contributed by atoms with Crippen molar-refractivity contribution in [1.82, 2.24) is 4.98 Å². The molecule has 0 unspecified atom stereocenters. The number of nitrogens with two attached hydrogens (primary N) is 1. The van der Waals surface area contributed by atoms with E-state index in [0.29, 0.717) is 5.13 Å². The number of hydrogen-bond donors (Lipinski definition) is 1. The fourth-order valence-electron chi connectivity index (χ4n) is 3.06. The van der Waals surface area contributed by atoms with E-state index in [9.17, 15) is 0 Å². The molecule has 1 aliphatic rings. The van der Waals surface area contributed by atoms with Crippen LogP contribution in [0.3, 0.4) is 0 Å². The van der Waals surface area contributed by atoms with E-state index < -0.39 is 0 Å². The zero-order chi connectivity index (χ0) is 14.6. The van der Waals surface area contributed by atoms with Crippen LogP contribution < -0.4 is 5.73 Å². The lowest BCUT2D eigenvalue weighted by Crippen LogP contribution is -1.89. The van der Waals surface area contributed by atoms with E-state index in [2.05, 4.69) is 55.2 Å². The second-order valence-electron chi connectivity index (χ2n) is 5.69. The first-order valence-electron chi connectivity index (χ1n) is 7.08. The molecule has 0 saturated heterocycles. The van der Waals surface area contributed by atoms with E-state index in [-0.39, 0.29) is 0 Å². The summed E-state index contributed by atoms with van der Waals surface area (Å²) in [7, 11) is 0. The van der Waals surface area contributed by atoms with Crippen molar-refractivity contribution >= 4 is 16.5 Å². The van der Waals surface area contributed by atoms with E-state index >= 15 is 0 Å². The predicted molar refractivity (Wildman–Crippen MR) is 89.7 cm³/mol. The summed E-state index contributed by atoms with van der Waals surface area (Å²) in [6.07, 6.45) is 0.957. The first kappa shape index (κ1) is 12.6. The van der Waals surface area contributed by atoms with Gasteiger partial charge in [-0.05, 0) is 36.1 Å². The maximum Gasteiger partial charge on any atom is 0.180 e. The minimum atomic E-state index is 0.671. The molecule has 0 atom stereocenters. The van der Waals surface area contributed by atoms with Crippen LogP contribution in [-0.4, -0.2) is 4.98 Å². The Morgan fingerprint density at radius 3 is 2.76 bits per heavy atom. The molecular weight excluding hydrogens is 276 g/mol. The molecule has 0 fully saturated rings. The molecule has 1 aromatic heterocycles. The summed E-state index contributed by atoms with van der Waals surface area (Å²) in [5.41, 5.74) is 14.7. The summed E-state index contributed by atoms with van der Waals surface area (Å²) in [5, 5.41) is 0.671. The van der Waals surface area contributed by atoms with Crippen molar-refractivity contribution in [3.8, 4) is 22.4 Å². The van der Waals surface area contributed by atoms with Gasteiger partial charge in [-0.25, -0.2) is 4.98 Å². The predicted octanol–water partition coefficient (Wildman–Crippen LogP) is 4.58. The SMILES string of the molecule is Cc1ccc(C)c(-c2ccc3c(c2)Cc2sc(N)nc2-3)c1. The second kappa shape index (κ2) is 4.43. The Morgan fingerprint density at radius 2 is 1.90 bits per heavy atom. The van der Waals surface area contributed by atoms with Crippen molar-refractivity contribution < 1.29 is 0 Å². The van der Waals surface area contributed by atoms with E-state index in [1.54, 1.807) is 11.3 Å². The molecule has 4 rings (SSSR count). The third-order valence-electron chi connectivity index (χ3n) is 4.13. The molecule has 1 heterocycles. The molecule has 0 radical (unpaired) electrons. The molecule has 2 N–H and O–H groups in total. The van der Waals surface area contributed by atoms with Gasteiger partial charge in [0, 0.05) is 16.9 Å². The van der Waals surface area contributed by atoms with Gasteiger partial charge in [-0.3, -0.25) is 0 Å². The number of aromatic nitrogens is 1. The summed E-state index contributed by atoms with van der Waals surface area (Å²) >= 11 is 1.61. The Bertz CT molecular complexity index is 862. The molecule has 1 aliphatic carbocycles. The Hall–Kier alpha value is -2.13. The minimum absolute atomic E-state index is 0.671. The van der Waals surface area contributed by atoms with Gasteiger partial charge in [-0.2, -0.15) is 0 Å². The van der Waals surface area contributed by atoms with Crippen molar-refractivity contribution in [2.45, 2.75) is 20.3 Å².